The van der Waals surface area contributed by atoms with Gasteiger partial charge in [-0.2, -0.15) is 0 Å². The molecule has 9 heteroatoms. The van der Waals surface area contributed by atoms with Crippen molar-refractivity contribution in [2.75, 3.05) is 20.1 Å². The van der Waals surface area contributed by atoms with E-state index in [2.05, 4.69) is 42.3 Å². The average molecular weight is 623 g/mol. The zero-order valence-corrected chi connectivity index (χ0v) is 26.9. The highest BCUT2D eigenvalue weighted by atomic mass is 32.1. The maximum Gasteiger partial charge on any atom is 0.274 e. The second kappa shape index (κ2) is 13.7. The summed E-state index contributed by atoms with van der Waals surface area (Å²) in [7, 11) is 2.10. The first kappa shape index (κ1) is 30.6. The summed E-state index contributed by atoms with van der Waals surface area (Å²) in [5.41, 5.74) is 5.63. The Morgan fingerprint density at radius 3 is 2.31 bits per heavy atom. The molecule has 3 aromatic carbocycles. The van der Waals surface area contributed by atoms with Crippen molar-refractivity contribution in [3.05, 3.63) is 106 Å². The Morgan fingerprint density at radius 1 is 1.00 bits per heavy atom. The van der Waals surface area contributed by atoms with E-state index in [1.807, 2.05) is 73.7 Å². The van der Waals surface area contributed by atoms with Crippen LogP contribution in [0.25, 0.3) is 21.9 Å². The van der Waals surface area contributed by atoms with Crippen molar-refractivity contribution in [1.82, 2.24) is 20.4 Å². The van der Waals surface area contributed by atoms with Gasteiger partial charge in [-0.3, -0.25) is 4.79 Å². The van der Waals surface area contributed by atoms with Gasteiger partial charge < -0.3 is 24.2 Å². The molecule has 3 heterocycles. The van der Waals surface area contributed by atoms with Crippen LogP contribution in [0.2, 0.25) is 0 Å². The number of carbonyl (C=O) groups is 1. The first-order valence-electron chi connectivity index (χ1n) is 15.4. The van der Waals surface area contributed by atoms with Crippen molar-refractivity contribution in [1.29, 1.82) is 0 Å². The first-order chi connectivity index (χ1) is 21.9. The van der Waals surface area contributed by atoms with Crippen molar-refractivity contribution in [3.63, 3.8) is 0 Å². The fourth-order valence-corrected chi connectivity index (χ4v) is 6.53. The molecule has 1 aliphatic rings. The van der Waals surface area contributed by atoms with E-state index in [9.17, 15) is 4.79 Å². The van der Waals surface area contributed by atoms with Crippen molar-refractivity contribution in [2.24, 2.45) is 0 Å². The third-order valence-corrected chi connectivity index (χ3v) is 9.00. The predicted octanol–water partition coefficient (Wildman–Crippen LogP) is 7.48. The number of hydrogen-bond donors (Lipinski definition) is 1. The number of rotatable bonds is 11. The summed E-state index contributed by atoms with van der Waals surface area (Å²) in [5.74, 6) is 1.60. The third-order valence-electron chi connectivity index (χ3n) is 7.83. The minimum atomic E-state index is -0.300. The van der Waals surface area contributed by atoms with Gasteiger partial charge in [0.15, 0.2) is 11.5 Å². The normalized spacial score (nSPS) is 13.1. The topological polar surface area (TPSA) is 89.7 Å². The summed E-state index contributed by atoms with van der Waals surface area (Å²) in [4.78, 5) is 21.8. The van der Waals surface area contributed by atoms with E-state index in [0.29, 0.717) is 42.4 Å². The van der Waals surface area contributed by atoms with Crippen LogP contribution in [0.5, 0.6) is 11.5 Å². The van der Waals surface area contributed by atoms with Gasteiger partial charge in [0, 0.05) is 30.6 Å². The summed E-state index contributed by atoms with van der Waals surface area (Å²) in [6.07, 6.45) is 0.914. The number of thiazole rings is 1. The highest BCUT2D eigenvalue weighted by Gasteiger charge is 2.31. The Kier molecular flexibility index (Phi) is 9.28. The smallest absolute Gasteiger partial charge is 0.274 e. The van der Waals surface area contributed by atoms with E-state index in [0.717, 1.165) is 52.7 Å². The van der Waals surface area contributed by atoms with Gasteiger partial charge in [0.2, 0.25) is 0 Å². The number of nitrogens with one attached hydrogen (secondary N) is 1. The number of nitrogens with zero attached hydrogens (tertiary/aromatic N) is 3. The number of benzene rings is 3. The quantitative estimate of drug-likeness (QED) is 0.163. The lowest BCUT2D eigenvalue weighted by atomic mass is 9.96. The van der Waals surface area contributed by atoms with Crippen LogP contribution in [0.1, 0.15) is 64.4 Å². The highest BCUT2D eigenvalue weighted by molar-refractivity contribution is 7.15. The summed E-state index contributed by atoms with van der Waals surface area (Å²) < 4.78 is 19.0. The van der Waals surface area contributed by atoms with Crippen LogP contribution in [0, 0.1) is 0 Å². The molecule has 1 aliphatic heterocycles. The molecule has 0 spiro atoms. The van der Waals surface area contributed by atoms with Crippen LogP contribution < -0.4 is 14.8 Å². The molecule has 232 valence electrons. The molecule has 0 fully saturated rings. The average Bonchev–Trinajstić information content (AvgIpc) is 3.68. The molecule has 2 aromatic heterocycles. The second-order valence-electron chi connectivity index (χ2n) is 11.6. The van der Waals surface area contributed by atoms with Gasteiger partial charge in [-0.1, -0.05) is 79.7 Å². The molecule has 5 aromatic rings. The van der Waals surface area contributed by atoms with Crippen molar-refractivity contribution >= 4 is 17.2 Å². The lowest BCUT2D eigenvalue weighted by Crippen LogP contribution is -2.25. The maximum absolute atomic E-state index is 13.3. The lowest BCUT2D eigenvalue weighted by molar-refractivity contribution is 0.0947. The van der Waals surface area contributed by atoms with Crippen LogP contribution in [-0.2, 0) is 26.2 Å². The van der Waals surface area contributed by atoms with Crippen LogP contribution >= 0.6 is 11.3 Å². The highest BCUT2D eigenvalue weighted by Crippen LogP contribution is 2.46. The van der Waals surface area contributed by atoms with Crippen molar-refractivity contribution in [2.45, 2.75) is 52.9 Å². The molecule has 0 aliphatic carbocycles. The van der Waals surface area contributed by atoms with Gasteiger partial charge in [-0.15, -0.1) is 11.3 Å². The fraction of sp³-hybridized carbons (Fsp3) is 0.306. The number of hydrogen-bond acceptors (Lipinski definition) is 8. The van der Waals surface area contributed by atoms with Crippen LogP contribution in [0.15, 0.2) is 77.3 Å². The lowest BCUT2D eigenvalue weighted by Gasteiger charge is -2.20. The molecule has 1 amide bonds. The molecular formula is C36H38N4O4S. The first-order valence-corrected chi connectivity index (χ1v) is 16.2. The SMILES string of the molecule is CCNC(=O)c1noc(-c2cc(C(C)C)c(OCc3ccccc3)cc2OCc2ccccc2)c1-c1nc2c(s1)CCN(C)C2. The largest absolute Gasteiger partial charge is 0.488 e. The Hall–Kier alpha value is -4.47. The number of aromatic nitrogens is 2. The number of amides is 1. The Balaban J connectivity index is 1.49. The molecule has 0 unspecified atom stereocenters. The number of likely N-dealkylation sites (N-methyl/N-ethyl adjacent to an activating group) is 1. The van der Waals surface area contributed by atoms with Gasteiger partial charge in [0.25, 0.3) is 5.91 Å². The molecule has 8 nitrogen and oxygen atoms in total. The summed E-state index contributed by atoms with van der Waals surface area (Å²) in [6.45, 7) is 9.11. The standard InChI is InChI=1S/C36H38N4O4S/c1-5-37-35(41)33-32(36-38-28-20-40(4)17-16-31(28)45-36)34(44-39-33)27-18-26(23(2)3)29(42-21-24-12-8-6-9-13-24)19-30(27)43-22-25-14-10-7-11-15-25/h6-15,18-19,23H,5,16-17,20-22H2,1-4H3,(H,37,41). The minimum Gasteiger partial charge on any atom is -0.488 e. The zero-order chi connectivity index (χ0) is 31.3. The number of ether oxygens (including phenoxy) is 2. The predicted molar refractivity (Wildman–Crippen MR) is 177 cm³/mol. The number of fused-ring (bicyclic) bond motifs is 1. The van der Waals surface area contributed by atoms with Crippen molar-refractivity contribution < 1.29 is 18.8 Å². The van der Waals surface area contributed by atoms with Crippen LogP contribution in [0.3, 0.4) is 0 Å². The molecule has 0 radical (unpaired) electrons. The van der Waals surface area contributed by atoms with Crippen LogP contribution in [-0.4, -0.2) is 41.1 Å². The zero-order valence-electron chi connectivity index (χ0n) is 26.1. The summed E-state index contributed by atoms with van der Waals surface area (Å²) >= 11 is 1.61. The van der Waals surface area contributed by atoms with E-state index >= 15 is 0 Å². The Morgan fingerprint density at radius 2 is 1.67 bits per heavy atom. The Labute approximate surface area is 268 Å². The molecule has 6 rings (SSSR count). The molecule has 0 atom stereocenters. The van der Waals surface area contributed by atoms with E-state index in [1.165, 1.54) is 4.88 Å². The molecule has 0 bridgehead atoms. The molecule has 45 heavy (non-hydrogen) atoms. The van der Waals surface area contributed by atoms with E-state index in [4.69, 9.17) is 19.0 Å². The monoisotopic (exact) mass is 622 g/mol. The van der Waals surface area contributed by atoms with Gasteiger partial charge in [-0.05, 0) is 49.1 Å². The van der Waals surface area contributed by atoms with Gasteiger partial charge >= 0.3 is 0 Å². The number of carbonyl (C=O) groups excluding carboxylic acids is 1. The molecule has 0 saturated heterocycles. The summed E-state index contributed by atoms with van der Waals surface area (Å²) in [5, 5.41) is 7.94. The summed E-state index contributed by atoms with van der Waals surface area (Å²) in [6, 6.07) is 24.1. The van der Waals surface area contributed by atoms with E-state index in [1.54, 1.807) is 11.3 Å². The third kappa shape index (κ3) is 6.79. The maximum atomic E-state index is 13.3. The molecule has 0 saturated carbocycles. The van der Waals surface area contributed by atoms with Gasteiger partial charge in [0.1, 0.15) is 29.7 Å². The van der Waals surface area contributed by atoms with Crippen LogP contribution in [0.4, 0.5) is 0 Å². The van der Waals surface area contributed by atoms with E-state index < -0.39 is 0 Å². The molecular weight excluding hydrogens is 584 g/mol. The van der Waals surface area contributed by atoms with Crippen molar-refractivity contribution in [3.8, 4) is 33.4 Å². The minimum absolute atomic E-state index is 0.134. The fourth-order valence-electron chi connectivity index (χ4n) is 5.43. The second-order valence-corrected chi connectivity index (χ2v) is 12.6. The Bertz CT molecular complexity index is 1760. The van der Waals surface area contributed by atoms with Gasteiger partial charge in [0.05, 0.1) is 16.8 Å². The van der Waals surface area contributed by atoms with E-state index in [-0.39, 0.29) is 17.5 Å². The van der Waals surface area contributed by atoms with Gasteiger partial charge in [-0.25, -0.2) is 4.98 Å². The molecule has 1 N–H and O–H groups in total.